The van der Waals surface area contributed by atoms with Crippen LogP contribution in [-0.2, 0) is 6.18 Å². The summed E-state index contributed by atoms with van der Waals surface area (Å²) in [6, 6.07) is 12.5. The molecular formula is C19H19F3N2OS. The van der Waals surface area contributed by atoms with E-state index in [-0.39, 0.29) is 22.4 Å². The summed E-state index contributed by atoms with van der Waals surface area (Å²) in [6.07, 6.45) is -3.72. The monoisotopic (exact) mass is 380 g/mol. The molecule has 0 saturated carbocycles. The van der Waals surface area contributed by atoms with E-state index in [0.29, 0.717) is 6.42 Å². The van der Waals surface area contributed by atoms with Gasteiger partial charge in [-0.25, -0.2) is 0 Å². The lowest BCUT2D eigenvalue weighted by Crippen LogP contribution is -2.42. The molecule has 1 atom stereocenters. The van der Waals surface area contributed by atoms with Gasteiger partial charge >= 0.3 is 6.18 Å². The maximum absolute atomic E-state index is 12.8. The summed E-state index contributed by atoms with van der Waals surface area (Å²) in [4.78, 5) is 0. The Balaban J connectivity index is 1.75. The Morgan fingerprint density at radius 2 is 1.88 bits per heavy atom. The number of hydrogen-bond acceptors (Lipinski definition) is 2. The van der Waals surface area contributed by atoms with Crippen LogP contribution in [0.1, 0.15) is 37.4 Å². The van der Waals surface area contributed by atoms with Crippen LogP contribution in [0, 0.1) is 0 Å². The van der Waals surface area contributed by atoms with Crippen LogP contribution in [0.15, 0.2) is 48.5 Å². The number of para-hydroxylation sites is 1. The summed E-state index contributed by atoms with van der Waals surface area (Å²) in [5, 5.41) is 6.30. The molecule has 1 heterocycles. The van der Waals surface area contributed by atoms with Gasteiger partial charge in [-0.3, -0.25) is 0 Å². The van der Waals surface area contributed by atoms with Crippen molar-refractivity contribution in [3.05, 3.63) is 59.7 Å². The molecule has 0 radical (unpaired) electrons. The van der Waals surface area contributed by atoms with E-state index in [0.717, 1.165) is 23.4 Å². The predicted molar refractivity (Wildman–Crippen MR) is 99.3 cm³/mol. The quantitative estimate of drug-likeness (QED) is 0.693. The number of benzene rings is 2. The number of thiocarbonyl (C=S) groups is 1. The van der Waals surface area contributed by atoms with Gasteiger partial charge in [0, 0.05) is 17.7 Å². The van der Waals surface area contributed by atoms with Gasteiger partial charge in [0.25, 0.3) is 0 Å². The van der Waals surface area contributed by atoms with E-state index in [2.05, 4.69) is 10.6 Å². The first-order valence-electron chi connectivity index (χ1n) is 8.17. The Kier molecular flexibility index (Phi) is 4.84. The van der Waals surface area contributed by atoms with E-state index < -0.39 is 11.7 Å². The van der Waals surface area contributed by atoms with Crippen molar-refractivity contribution in [2.75, 3.05) is 5.32 Å². The number of halogens is 3. The first-order chi connectivity index (χ1) is 12.1. The lowest BCUT2D eigenvalue weighted by molar-refractivity contribution is -0.137. The minimum absolute atomic E-state index is 0.0965. The van der Waals surface area contributed by atoms with Crippen molar-refractivity contribution in [3.63, 3.8) is 0 Å². The summed E-state index contributed by atoms with van der Waals surface area (Å²) < 4.78 is 44.5. The molecule has 1 aliphatic heterocycles. The first-order valence-corrected chi connectivity index (χ1v) is 8.58. The van der Waals surface area contributed by atoms with Crippen molar-refractivity contribution >= 4 is 23.0 Å². The second-order valence-corrected chi connectivity index (χ2v) is 7.24. The molecule has 2 N–H and O–H groups in total. The van der Waals surface area contributed by atoms with Gasteiger partial charge in [0.1, 0.15) is 11.4 Å². The predicted octanol–water partition coefficient (Wildman–Crippen LogP) is 5.29. The average molecular weight is 380 g/mol. The van der Waals surface area contributed by atoms with Gasteiger partial charge in [-0.05, 0) is 50.3 Å². The molecule has 26 heavy (non-hydrogen) atoms. The van der Waals surface area contributed by atoms with Crippen LogP contribution in [0.2, 0.25) is 0 Å². The summed E-state index contributed by atoms with van der Waals surface area (Å²) in [7, 11) is 0. The highest BCUT2D eigenvalue weighted by molar-refractivity contribution is 7.80. The molecule has 0 spiro atoms. The number of anilines is 1. The van der Waals surface area contributed by atoms with Crippen LogP contribution >= 0.6 is 12.2 Å². The zero-order valence-electron chi connectivity index (χ0n) is 14.4. The minimum atomic E-state index is -4.39. The number of hydrogen-bond donors (Lipinski definition) is 2. The molecule has 0 amide bonds. The van der Waals surface area contributed by atoms with Gasteiger partial charge < -0.3 is 15.4 Å². The highest BCUT2D eigenvalue weighted by atomic mass is 32.1. The molecule has 2 aromatic rings. The van der Waals surface area contributed by atoms with Crippen LogP contribution in [-0.4, -0.2) is 10.7 Å². The van der Waals surface area contributed by atoms with Crippen LogP contribution in [0.5, 0.6) is 5.75 Å². The summed E-state index contributed by atoms with van der Waals surface area (Å²) in [5.74, 6) is 0.781. The molecule has 3 rings (SSSR count). The highest BCUT2D eigenvalue weighted by Gasteiger charge is 2.34. The molecule has 138 valence electrons. The van der Waals surface area contributed by atoms with Crippen LogP contribution < -0.4 is 15.4 Å². The Bertz CT molecular complexity index is 820. The van der Waals surface area contributed by atoms with Gasteiger partial charge in [0.05, 0.1) is 11.6 Å². The van der Waals surface area contributed by atoms with Crippen molar-refractivity contribution in [1.82, 2.24) is 5.32 Å². The fraction of sp³-hybridized carbons (Fsp3) is 0.316. The van der Waals surface area contributed by atoms with E-state index in [1.165, 1.54) is 6.07 Å². The average Bonchev–Trinajstić information content (AvgIpc) is 2.53. The molecule has 0 aromatic heterocycles. The van der Waals surface area contributed by atoms with Crippen LogP contribution in [0.4, 0.5) is 18.9 Å². The smallest absolute Gasteiger partial charge is 0.416 e. The normalized spacial score (nSPS) is 18.4. The number of fused-ring (bicyclic) bond motifs is 1. The molecule has 1 aliphatic rings. The van der Waals surface area contributed by atoms with Gasteiger partial charge in [-0.15, -0.1) is 0 Å². The van der Waals surface area contributed by atoms with E-state index in [1.54, 1.807) is 6.07 Å². The van der Waals surface area contributed by atoms with Crippen LogP contribution in [0.3, 0.4) is 0 Å². The Morgan fingerprint density at radius 3 is 2.62 bits per heavy atom. The van der Waals surface area contributed by atoms with Crippen molar-refractivity contribution in [2.24, 2.45) is 0 Å². The lowest BCUT2D eigenvalue weighted by atomic mass is 9.90. The summed E-state index contributed by atoms with van der Waals surface area (Å²) >= 11 is 5.31. The number of alkyl halides is 3. The number of ether oxygens (including phenoxy) is 1. The third-order valence-electron chi connectivity index (χ3n) is 4.13. The topological polar surface area (TPSA) is 33.3 Å². The molecule has 2 aromatic carbocycles. The van der Waals surface area contributed by atoms with Crippen LogP contribution in [0.25, 0.3) is 0 Å². The Labute approximate surface area is 155 Å². The van der Waals surface area contributed by atoms with Crippen molar-refractivity contribution in [3.8, 4) is 5.75 Å². The largest absolute Gasteiger partial charge is 0.487 e. The van der Waals surface area contributed by atoms with Crippen molar-refractivity contribution < 1.29 is 17.9 Å². The van der Waals surface area contributed by atoms with Crippen molar-refractivity contribution in [1.29, 1.82) is 0 Å². The SMILES string of the molecule is CC1(C)CC(NC(=S)Nc2cccc(C(F)(F)F)c2)c2ccccc2O1. The second-order valence-electron chi connectivity index (χ2n) is 6.83. The van der Waals surface area contributed by atoms with E-state index in [1.807, 2.05) is 38.1 Å². The zero-order valence-corrected chi connectivity index (χ0v) is 15.2. The minimum Gasteiger partial charge on any atom is -0.487 e. The summed E-state index contributed by atoms with van der Waals surface area (Å²) in [5.41, 5.74) is 0.164. The van der Waals surface area contributed by atoms with Gasteiger partial charge in [-0.2, -0.15) is 13.2 Å². The molecular weight excluding hydrogens is 361 g/mol. The molecule has 1 unspecified atom stereocenters. The molecule has 0 saturated heterocycles. The summed E-state index contributed by atoms with van der Waals surface area (Å²) in [6.45, 7) is 3.97. The molecule has 0 bridgehead atoms. The standard InChI is InChI=1S/C19H19F3N2OS/c1-18(2)11-15(14-8-3-4-9-16(14)25-18)24-17(26)23-13-7-5-6-12(10-13)19(20,21)22/h3-10,15H,11H2,1-2H3,(H2,23,24,26). The number of nitrogens with one attached hydrogen (secondary N) is 2. The first kappa shape index (κ1) is 18.5. The van der Waals surface area contributed by atoms with E-state index >= 15 is 0 Å². The van der Waals surface area contributed by atoms with Gasteiger partial charge in [-0.1, -0.05) is 24.3 Å². The fourth-order valence-corrected chi connectivity index (χ4v) is 3.29. The highest BCUT2D eigenvalue weighted by Crippen LogP contribution is 2.39. The third kappa shape index (κ3) is 4.27. The van der Waals surface area contributed by atoms with E-state index in [9.17, 15) is 13.2 Å². The van der Waals surface area contributed by atoms with Gasteiger partial charge in [0.15, 0.2) is 5.11 Å². The Morgan fingerprint density at radius 1 is 1.15 bits per heavy atom. The van der Waals surface area contributed by atoms with Crippen molar-refractivity contribution in [2.45, 2.75) is 38.1 Å². The molecule has 7 heteroatoms. The molecule has 0 aliphatic carbocycles. The second kappa shape index (κ2) is 6.79. The molecule has 3 nitrogen and oxygen atoms in total. The maximum atomic E-state index is 12.8. The maximum Gasteiger partial charge on any atom is 0.416 e. The zero-order chi connectivity index (χ0) is 18.9. The van der Waals surface area contributed by atoms with Gasteiger partial charge in [0.2, 0.25) is 0 Å². The fourth-order valence-electron chi connectivity index (χ4n) is 3.03. The Hall–Kier alpha value is -2.28. The van der Waals surface area contributed by atoms with E-state index in [4.69, 9.17) is 17.0 Å². The third-order valence-corrected chi connectivity index (χ3v) is 4.35. The lowest BCUT2D eigenvalue weighted by Gasteiger charge is -2.38. The number of rotatable bonds is 2. The molecule has 0 fully saturated rings.